The van der Waals surface area contributed by atoms with E-state index in [0.29, 0.717) is 26.0 Å². The maximum Gasteiger partial charge on any atom is 0.220 e. The van der Waals surface area contributed by atoms with E-state index < -0.39 is 5.60 Å². The van der Waals surface area contributed by atoms with Gasteiger partial charge in [0.1, 0.15) is 5.60 Å². The van der Waals surface area contributed by atoms with Crippen LogP contribution in [0.15, 0.2) is 91.0 Å². The van der Waals surface area contributed by atoms with Crippen molar-refractivity contribution >= 4 is 5.91 Å². The Morgan fingerprint density at radius 2 is 1.29 bits per heavy atom. The van der Waals surface area contributed by atoms with Crippen LogP contribution in [0.2, 0.25) is 0 Å². The summed E-state index contributed by atoms with van der Waals surface area (Å²) >= 11 is 0. The standard InChI is InChI=1S/C27H32N2O2/c1-3-29-26(30)20-19-25(28-2)21-31-27(22-13-7-4-8-14-22,23-15-9-5-10-16-23)24-17-11-6-12-18-24/h4-18,25,28H,3,19-21H2,1-2H3,(H,29,30). The molecule has 3 aromatic rings. The summed E-state index contributed by atoms with van der Waals surface area (Å²) in [6.45, 7) is 3.05. The van der Waals surface area contributed by atoms with Crippen LogP contribution < -0.4 is 10.6 Å². The summed E-state index contributed by atoms with van der Waals surface area (Å²) in [5, 5.41) is 6.19. The minimum absolute atomic E-state index is 0.0538. The SMILES string of the molecule is CCNC(=O)CCC(COC(c1ccccc1)(c1ccccc1)c1ccccc1)NC. The van der Waals surface area contributed by atoms with E-state index in [2.05, 4.69) is 47.0 Å². The normalized spacial score (nSPS) is 12.3. The first-order valence-corrected chi connectivity index (χ1v) is 10.9. The first-order valence-electron chi connectivity index (χ1n) is 10.9. The van der Waals surface area contributed by atoms with E-state index in [9.17, 15) is 4.79 Å². The number of carbonyl (C=O) groups excluding carboxylic acids is 1. The largest absolute Gasteiger partial charge is 0.359 e. The molecule has 0 saturated heterocycles. The molecule has 3 aromatic carbocycles. The summed E-state index contributed by atoms with van der Waals surface area (Å²) in [6, 6.07) is 31.1. The molecule has 2 N–H and O–H groups in total. The first kappa shape index (κ1) is 22.7. The Morgan fingerprint density at radius 3 is 1.68 bits per heavy atom. The summed E-state index contributed by atoms with van der Waals surface area (Å²) in [7, 11) is 1.92. The molecule has 0 saturated carbocycles. The molecule has 31 heavy (non-hydrogen) atoms. The minimum atomic E-state index is -0.745. The maximum absolute atomic E-state index is 11.9. The zero-order valence-electron chi connectivity index (χ0n) is 18.4. The van der Waals surface area contributed by atoms with E-state index in [1.165, 1.54) is 0 Å². The zero-order chi connectivity index (χ0) is 21.9. The molecule has 162 valence electrons. The minimum Gasteiger partial charge on any atom is -0.359 e. The Bertz CT molecular complexity index is 817. The Hall–Kier alpha value is -2.95. The van der Waals surface area contributed by atoms with Crippen molar-refractivity contribution < 1.29 is 9.53 Å². The molecule has 1 atom stereocenters. The van der Waals surface area contributed by atoms with E-state index in [0.717, 1.165) is 16.7 Å². The molecule has 3 rings (SSSR count). The third kappa shape index (κ3) is 5.60. The summed E-state index contributed by atoms with van der Waals surface area (Å²) in [4.78, 5) is 11.9. The average molecular weight is 417 g/mol. The Labute approximate surface area is 185 Å². The molecule has 0 radical (unpaired) electrons. The van der Waals surface area contributed by atoms with Gasteiger partial charge in [-0.25, -0.2) is 0 Å². The number of rotatable bonds is 11. The van der Waals surface area contributed by atoms with E-state index in [1.54, 1.807) is 0 Å². The van der Waals surface area contributed by atoms with Crippen LogP contribution in [0, 0.1) is 0 Å². The fourth-order valence-electron chi connectivity index (χ4n) is 3.90. The second-order valence-corrected chi connectivity index (χ2v) is 7.57. The van der Waals surface area contributed by atoms with E-state index >= 15 is 0 Å². The van der Waals surface area contributed by atoms with Gasteiger partial charge in [0.2, 0.25) is 5.91 Å². The van der Waals surface area contributed by atoms with Crippen molar-refractivity contribution in [2.24, 2.45) is 0 Å². The van der Waals surface area contributed by atoms with Crippen molar-refractivity contribution in [3.8, 4) is 0 Å². The van der Waals surface area contributed by atoms with Crippen LogP contribution >= 0.6 is 0 Å². The molecule has 0 aliphatic heterocycles. The third-order valence-electron chi connectivity index (χ3n) is 5.54. The number of nitrogens with one attached hydrogen (secondary N) is 2. The van der Waals surface area contributed by atoms with Crippen molar-refractivity contribution in [1.29, 1.82) is 0 Å². The fraction of sp³-hybridized carbons (Fsp3) is 0.296. The lowest BCUT2D eigenvalue weighted by Crippen LogP contribution is -2.39. The van der Waals surface area contributed by atoms with Crippen molar-refractivity contribution in [2.75, 3.05) is 20.2 Å². The number of amides is 1. The number of hydrogen-bond donors (Lipinski definition) is 2. The van der Waals surface area contributed by atoms with Gasteiger partial charge in [-0.1, -0.05) is 91.0 Å². The van der Waals surface area contributed by atoms with Gasteiger partial charge in [0, 0.05) is 19.0 Å². The number of benzene rings is 3. The highest BCUT2D eigenvalue weighted by atomic mass is 16.5. The van der Waals surface area contributed by atoms with Gasteiger partial charge in [-0.15, -0.1) is 0 Å². The zero-order valence-corrected chi connectivity index (χ0v) is 18.4. The number of ether oxygens (including phenoxy) is 1. The average Bonchev–Trinajstić information content (AvgIpc) is 2.83. The molecule has 0 spiro atoms. The van der Waals surface area contributed by atoms with Gasteiger partial charge in [-0.2, -0.15) is 0 Å². The van der Waals surface area contributed by atoms with Gasteiger partial charge in [0.25, 0.3) is 0 Å². The van der Waals surface area contributed by atoms with Gasteiger partial charge in [-0.3, -0.25) is 4.79 Å². The Morgan fingerprint density at radius 1 is 0.839 bits per heavy atom. The highest BCUT2D eigenvalue weighted by Gasteiger charge is 2.38. The highest BCUT2D eigenvalue weighted by Crippen LogP contribution is 2.40. The molecular weight excluding hydrogens is 384 g/mol. The predicted octanol–water partition coefficient (Wildman–Crippen LogP) is 4.50. The second-order valence-electron chi connectivity index (χ2n) is 7.57. The molecule has 1 amide bonds. The summed E-state index contributed by atoms with van der Waals surface area (Å²) in [5.74, 6) is 0.0724. The number of carbonyl (C=O) groups is 1. The molecule has 1 unspecified atom stereocenters. The molecule has 0 aliphatic carbocycles. The molecule has 0 bridgehead atoms. The van der Waals surface area contributed by atoms with Crippen LogP contribution in [0.4, 0.5) is 0 Å². The van der Waals surface area contributed by atoms with Crippen molar-refractivity contribution in [1.82, 2.24) is 10.6 Å². The molecule has 0 fully saturated rings. The molecule has 4 nitrogen and oxygen atoms in total. The van der Waals surface area contributed by atoms with Gasteiger partial charge in [0.05, 0.1) is 6.61 Å². The molecular formula is C27H32N2O2. The molecule has 0 aliphatic rings. The quantitative estimate of drug-likeness (QED) is 0.453. The van der Waals surface area contributed by atoms with Gasteiger partial charge in [-0.05, 0) is 37.1 Å². The van der Waals surface area contributed by atoms with E-state index in [1.807, 2.05) is 68.6 Å². The maximum atomic E-state index is 11.9. The lowest BCUT2D eigenvalue weighted by molar-refractivity contribution is -0.121. The lowest BCUT2D eigenvalue weighted by atomic mass is 9.80. The predicted molar refractivity (Wildman–Crippen MR) is 126 cm³/mol. The van der Waals surface area contributed by atoms with Crippen LogP contribution in [0.1, 0.15) is 36.5 Å². The van der Waals surface area contributed by atoms with Crippen LogP contribution in [0.5, 0.6) is 0 Å². The van der Waals surface area contributed by atoms with Gasteiger partial charge in [0.15, 0.2) is 0 Å². The summed E-state index contributed by atoms with van der Waals surface area (Å²) in [6.07, 6.45) is 1.18. The van der Waals surface area contributed by atoms with Gasteiger partial charge < -0.3 is 15.4 Å². The monoisotopic (exact) mass is 416 g/mol. The van der Waals surface area contributed by atoms with Crippen LogP contribution in [0.25, 0.3) is 0 Å². The topological polar surface area (TPSA) is 50.4 Å². The van der Waals surface area contributed by atoms with Crippen molar-refractivity contribution in [2.45, 2.75) is 31.4 Å². The smallest absolute Gasteiger partial charge is 0.220 e. The first-order chi connectivity index (χ1) is 15.2. The Kier molecular flexibility index (Phi) is 8.39. The van der Waals surface area contributed by atoms with E-state index in [-0.39, 0.29) is 11.9 Å². The summed E-state index contributed by atoms with van der Waals surface area (Å²) in [5.41, 5.74) is 2.48. The fourth-order valence-corrected chi connectivity index (χ4v) is 3.90. The van der Waals surface area contributed by atoms with Crippen LogP contribution in [-0.2, 0) is 15.1 Å². The second kappa shape index (κ2) is 11.4. The summed E-state index contributed by atoms with van der Waals surface area (Å²) < 4.78 is 6.84. The third-order valence-corrected chi connectivity index (χ3v) is 5.54. The molecule has 4 heteroatoms. The number of likely N-dealkylation sites (N-methyl/N-ethyl adjacent to an activating group) is 1. The molecule has 0 heterocycles. The van der Waals surface area contributed by atoms with Crippen LogP contribution in [-0.4, -0.2) is 32.1 Å². The molecule has 0 aromatic heterocycles. The van der Waals surface area contributed by atoms with Gasteiger partial charge >= 0.3 is 0 Å². The van der Waals surface area contributed by atoms with E-state index in [4.69, 9.17) is 4.74 Å². The van der Waals surface area contributed by atoms with Crippen LogP contribution in [0.3, 0.4) is 0 Å². The lowest BCUT2D eigenvalue weighted by Gasteiger charge is -2.37. The highest BCUT2D eigenvalue weighted by molar-refractivity contribution is 5.75. The Balaban J connectivity index is 1.97. The number of hydrogen-bond acceptors (Lipinski definition) is 3. The van der Waals surface area contributed by atoms with Crippen molar-refractivity contribution in [3.63, 3.8) is 0 Å². The van der Waals surface area contributed by atoms with Crippen molar-refractivity contribution in [3.05, 3.63) is 108 Å².